The molecule has 0 bridgehead atoms. The summed E-state index contributed by atoms with van der Waals surface area (Å²) in [6.45, 7) is 0. The third-order valence-electron chi connectivity index (χ3n) is 2.41. The Labute approximate surface area is 116 Å². The zero-order valence-electron chi connectivity index (χ0n) is 9.37. The van der Waals surface area contributed by atoms with Crippen molar-refractivity contribution in [3.8, 4) is 0 Å². The van der Waals surface area contributed by atoms with Crippen molar-refractivity contribution in [2.24, 2.45) is 5.73 Å². The maximum Gasteiger partial charge on any atom is 0.234 e. The maximum atomic E-state index is 10.9. The number of carbonyl (C=O) groups is 1. The van der Waals surface area contributed by atoms with E-state index in [4.69, 9.17) is 15.2 Å². The molecule has 0 fully saturated rings. The van der Waals surface area contributed by atoms with E-state index in [1.165, 1.54) is 26.4 Å². The number of methoxy groups -OCH3 is 2. The molecule has 17 heavy (non-hydrogen) atoms. The van der Waals surface area contributed by atoms with Gasteiger partial charge in [-0.3, -0.25) is 4.79 Å². The molecule has 0 saturated heterocycles. The van der Waals surface area contributed by atoms with Gasteiger partial charge in [0.1, 0.15) is 5.60 Å². The van der Waals surface area contributed by atoms with E-state index in [0.717, 1.165) is 0 Å². The Kier molecular flexibility index (Phi) is 4.54. The minimum Gasteiger partial charge on any atom is -0.381 e. The summed E-state index contributed by atoms with van der Waals surface area (Å²) in [6.07, 6.45) is 2.63. The van der Waals surface area contributed by atoms with Gasteiger partial charge in [0.15, 0.2) is 0 Å². The van der Waals surface area contributed by atoms with E-state index in [1.807, 2.05) is 0 Å². The van der Waals surface area contributed by atoms with Crippen LogP contribution >= 0.6 is 31.9 Å². The van der Waals surface area contributed by atoms with Gasteiger partial charge >= 0.3 is 0 Å². The zero-order chi connectivity index (χ0) is 13.3. The second kappa shape index (κ2) is 5.19. The van der Waals surface area contributed by atoms with Crippen LogP contribution in [-0.4, -0.2) is 36.6 Å². The number of hydrogen-bond acceptors (Lipinski definition) is 4. The topological polar surface area (TPSA) is 81.8 Å². The van der Waals surface area contributed by atoms with Crippen molar-refractivity contribution in [1.82, 2.24) is 0 Å². The van der Waals surface area contributed by atoms with Crippen molar-refractivity contribution in [2.75, 3.05) is 14.2 Å². The minimum atomic E-state index is -1.45. The van der Waals surface area contributed by atoms with Gasteiger partial charge in [-0.2, -0.15) is 0 Å². The highest BCUT2D eigenvalue weighted by Gasteiger charge is 2.44. The monoisotopic (exact) mass is 369 g/mol. The van der Waals surface area contributed by atoms with Gasteiger partial charge in [0.25, 0.3) is 0 Å². The first kappa shape index (κ1) is 14.8. The van der Waals surface area contributed by atoms with Crippen molar-refractivity contribution < 1.29 is 19.4 Å². The van der Waals surface area contributed by atoms with Gasteiger partial charge in [0.05, 0.1) is 15.4 Å². The Hall–Kier alpha value is -0.210. The first-order chi connectivity index (χ1) is 7.79. The van der Waals surface area contributed by atoms with Crippen LogP contribution < -0.4 is 5.73 Å². The number of carbonyl (C=O) groups excluding carboxylic acids is 1. The van der Waals surface area contributed by atoms with E-state index in [-0.39, 0.29) is 6.42 Å². The maximum absolute atomic E-state index is 10.9. The fourth-order valence-corrected chi connectivity index (χ4v) is 3.77. The number of ether oxygens (including phenoxy) is 2. The first-order valence-corrected chi connectivity index (χ1v) is 6.27. The van der Waals surface area contributed by atoms with Crippen molar-refractivity contribution in [3.63, 3.8) is 0 Å². The highest BCUT2D eigenvalue weighted by atomic mass is 79.9. The molecule has 1 rings (SSSR count). The van der Waals surface area contributed by atoms with Crippen LogP contribution in [0.4, 0.5) is 0 Å². The van der Waals surface area contributed by atoms with Gasteiger partial charge in [0, 0.05) is 14.2 Å². The van der Waals surface area contributed by atoms with Crippen molar-refractivity contribution in [2.45, 2.75) is 17.8 Å². The summed E-state index contributed by atoms with van der Waals surface area (Å²) in [6, 6.07) is 0. The Morgan fingerprint density at radius 3 is 2.06 bits per heavy atom. The van der Waals surface area contributed by atoms with Crippen molar-refractivity contribution in [1.29, 1.82) is 0 Å². The van der Waals surface area contributed by atoms with Crippen LogP contribution in [0.15, 0.2) is 21.1 Å². The predicted octanol–water partition coefficient (Wildman–Crippen LogP) is 1.15. The molecule has 5 nitrogen and oxygen atoms in total. The molecule has 1 aliphatic rings. The summed E-state index contributed by atoms with van der Waals surface area (Å²) in [5.74, 6) is -1.74. The number of amides is 1. The average Bonchev–Trinajstić information content (AvgIpc) is 2.16. The van der Waals surface area contributed by atoms with Crippen molar-refractivity contribution in [3.05, 3.63) is 21.1 Å². The van der Waals surface area contributed by atoms with Gasteiger partial charge < -0.3 is 20.3 Å². The second-order valence-electron chi connectivity index (χ2n) is 3.64. The SMILES string of the molecule is COC1(OC)C(Br)=CC(O)(CC(N)=O)C=C1Br. The first-order valence-electron chi connectivity index (χ1n) is 4.68. The molecule has 7 heteroatoms. The lowest BCUT2D eigenvalue weighted by Crippen LogP contribution is -2.42. The highest BCUT2D eigenvalue weighted by Crippen LogP contribution is 2.44. The molecule has 0 aliphatic heterocycles. The van der Waals surface area contributed by atoms with Gasteiger partial charge in [-0.05, 0) is 44.0 Å². The lowest BCUT2D eigenvalue weighted by atomic mass is 9.92. The molecule has 1 amide bonds. The van der Waals surface area contributed by atoms with E-state index in [2.05, 4.69) is 31.9 Å². The Bertz CT molecular complexity index is 366. The third kappa shape index (κ3) is 2.79. The number of halogens is 2. The average molecular weight is 371 g/mol. The number of nitrogens with two attached hydrogens (primary N) is 1. The third-order valence-corrected chi connectivity index (χ3v) is 3.92. The van der Waals surface area contributed by atoms with Crippen LogP contribution in [0.25, 0.3) is 0 Å². The van der Waals surface area contributed by atoms with Crippen LogP contribution in [0.5, 0.6) is 0 Å². The van der Waals surface area contributed by atoms with Gasteiger partial charge in [-0.25, -0.2) is 0 Å². The van der Waals surface area contributed by atoms with Crippen molar-refractivity contribution >= 4 is 37.8 Å². The molecule has 96 valence electrons. The quantitative estimate of drug-likeness (QED) is 0.727. The molecule has 0 saturated carbocycles. The minimum absolute atomic E-state index is 0.222. The summed E-state index contributed by atoms with van der Waals surface area (Å²) in [7, 11) is 2.93. The molecule has 0 spiro atoms. The van der Waals surface area contributed by atoms with Crippen LogP contribution in [0.2, 0.25) is 0 Å². The lowest BCUT2D eigenvalue weighted by Gasteiger charge is -2.37. The molecule has 3 N–H and O–H groups in total. The molecule has 0 unspecified atom stereocenters. The zero-order valence-corrected chi connectivity index (χ0v) is 12.5. The number of aliphatic hydroxyl groups is 1. The molecule has 0 aromatic rings. The van der Waals surface area contributed by atoms with E-state index >= 15 is 0 Å². The summed E-state index contributed by atoms with van der Waals surface area (Å²) in [5.41, 5.74) is 3.63. The molecule has 1 aliphatic carbocycles. The van der Waals surface area contributed by atoms with E-state index < -0.39 is 17.3 Å². The fraction of sp³-hybridized carbons (Fsp3) is 0.500. The summed E-state index contributed by atoms with van der Waals surface area (Å²) in [5, 5.41) is 10.2. The normalized spacial score (nSPS) is 21.7. The summed E-state index contributed by atoms with van der Waals surface area (Å²) in [4.78, 5) is 10.9. The molecule has 0 radical (unpaired) electrons. The van der Waals surface area contributed by atoms with Gasteiger partial charge in [-0.15, -0.1) is 0 Å². The standard InChI is InChI=1S/C10H13Br2NO4/c1-16-10(17-2)6(11)3-9(15,4-7(10)12)5-8(13)14/h3-4,15H,5H2,1-2H3,(H2,13,14). The molecule has 0 aromatic heterocycles. The number of rotatable bonds is 4. The van der Waals surface area contributed by atoms with Gasteiger partial charge in [0.2, 0.25) is 11.7 Å². The molecule has 0 heterocycles. The smallest absolute Gasteiger partial charge is 0.234 e. The Morgan fingerprint density at radius 1 is 1.35 bits per heavy atom. The number of primary amides is 1. The van der Waals surface area contributed by atoms with Gasteiger partial charge in [-0.1, -0.05) is 0 Å². The number of hydrogen-bond donors (Lipinski definition) is 2. The van der Waals surface area contributed by atoms with E-state index in [9.17, 15) is 9.90 Å². The van der Waals surface area contributed by atoms with Crippen LogP contribution in [0.3, 0.4) is 0 Å². The molecular weight excluding hydrogens is 358 g/mol. The Balaban J connectivity index is 3.17. The molecular formula is C10H13Br2NO4. The van der Waals surface area contributed by atoms with Crippen LogP contribution in [-0.2, 0) is 14.3 Å². The molecule has 0 aromatic carbocycles. The second-order valence-corrected chi connectivity index (χ2v) is 5.35. The fourth-order valence-electron chi connectivity index (χ4n) is 1.64. The molecule has 0 atom stereocenters. The largest absolute Gasteiger partial charge is 0.381 e. The van der Waals surface area contributed by atoms with E-state index in [1.54, 1.807) is 0 Å². The van der Waals surface area contributed by atoms with Crippen LogP contribution in [0, 0.1) is 0 Å². The van der Waals surface area contributed by atoms with E-state index in [0.29, 0.717) is 8.96 Å². The highest BCUT2D eigenvalue weighted by molar-refractivity contribution is 9.12. The predicted molar refractivity (Wildman–Crippen MR) is 69.5 cm³/mol. The summed E-state index contributed by atoms with van der Waals surface area (Å²) >= 11 is 6.53. The van der Waals surface area contributed by atoms with Crippen LogP contribution in [0.1, 0.15) is 6.42 Å². The lowest BCUT2D eigenvalue weighted by molar-refractivity contribution is -0.141. The Morgan fingerprint density at radius 2 is 1.76 bits per heavy atom. The summed E-state index contributed by atoms with van der Waals surface area (Å²) < 4.78 is 11.4.